The van der Waals surface area contributed by atoms with Gasteiger partial charge < -0.3 is 15.8 Å². The molecule has 0 saturated carbocycles. The first-order chi connectivity index (χ1) is 8.63. The Morgan fingerprint density at radius 2 is 2.00 bits per heavy atom. The number of ether oxygens (including phenoxy) is 1. The Hall–Kier alpha value is -0.610. The monoisotopic (exact) mass is 258 g/mol. The molecule has 0 aliphatic rings. The Kier molecular flexibility index (Phi) is 11.1. The Morgan fingerprint density at radius 1 is 1.28 bits per heavy atom. The van der Waals surface area contributed by atoms with Crippen molar-refractivity contribution in [2.24, 2.45) is 11.7 Å². The molecule has 0 aromatic rings. The standard InChI is InChI=1S/C14H30N2O2/c1-4-6-13(9-10-15)7-8-14(17)16-11-12(3)18-5-2/h12-13H,4-11,15H2,1-3H3,(H,16,17). The van der Waals surface area contributed by atoms with Gasteiger partial charge in [0.15, 0.2) is 0 Å². The van der Waals surface area contributed by atoms with Crippen LogP contribution in [0.1, 0.15) is 52.9 Å². The van der Waals surface area contributed by atoms with Gasteiger partial charge in [-0.1, -0.05) is 19.8 Å². The maximum absolute atomic E-state index is 11.7. The van der Waals surface area contributed by atoms with E-state index < -0.39 is 0 Å². The van der Waals surface area contributed by atoms with Crippen LogP contribution in [0.4, 0.5) is 0 Å². The highest BCUT2D eigenvalue weighted by atomic mass is 16.5. The lowest BCUT2D eigenvalue weighted by Crippen LogP contribution is -2.32. The fraction of sp³-hybridized carbons (Fsp3) is 0.929. The van der Waals surface area contributed by atoms with Gasteiger partial charge in [0, 0.05) is 19.6 Å². The lowest BCUT2D eigenvalue weighted by Gasteiger charge is -2.16. The third-order valence-electron chi connectivity index (χ3n) is 3.09. The number of nitrogens with two attached hydrogens (primary N) is 1. The zero-order valence-electron chi connectivity index (χ0n) is 12.2. The summed E-state index contributed by atoms with van der Waals surface area (Å²) >= 11 is 0. The molecule has 1 amide bonds. The van der Waals surface area contributed by atoms with Crippen LogP contribution in [0.2, 0.25) is 0 Å². The maximum atomic E-state index is 11.7. The molecule has 0 radical (unpaired) electrons. The zero-order chi connectivity index (χ0) is 13.8. The summed E-state index contributed by atoms with van der Waals surface area (Å²) in [5, 5.41) is 2.91. The quantitative estimate of drug-likeness (QED) is 0.596. The number of carbonyl (C=O) groups excluding carboxylic acids is 1. The minimum atomic E-state index is 0.0921. The van der Waals surface area contributed by atoms with Gasteiger partial charge in [-0.3, -0.25) is 4.79 Å². The van der Waals surface area contributed by atoms with E-state index >= 15 is 0 Å². The molecule has 0 aliphatic carbocycles. The van der Waals surface area contributed by atoms with Gasteiger partial charge in [-0.05, 0) is 39.2 Å². The van der Waals surface area contributed by atoms with Crippen molar-refractivity contribution < 1.29 is 9.53 Å². The van der Waals surface area contributed by atoms with Gasteiger partial charge >= 0.3 is 0 Å². The van der Waals surface area contributed by atoms with E-state index in [0.717, 1.165) is 19.3 Å². The molecule has 2 atom stereocenters. The predicted octanol–water partition coefficient (Wildman–Crippen LogP) is 2.07. The summed E-state index contributed by atoms with van der Waals surface area (Å²) in [6.45, 7) is 8.10. The molecule has 0 rings (SSSR count). The van der Waals surface area contributed by atoms with Crippen molar-refractivity contribution in [3.8, 4) is 0 Å². The third-order valence-corrected chi connectivity index (χ3v) is 3.09. The van der Waals surface area contributed by atoms with Crippen LogP contribution in [0.15, 0.2) is 0 Å². The molecular formula is C14H30N2O2. The Morgan fingerprint density at radius 3 is 2.56 bits per heavy atom. The second-order valence-corrected chi connectivity index (χ2v) is 4.84. The minimum absolute atomic E-state index is 0.0921. The highest BCUT2D eigenvalue weighted by Gasteiger charge is 2.10. The topological polar surface area (TPSA) is 64.4 Å². The fourth-order valence-electron chi connectivity index (χ4n) is 2.10. The van der Waals surface area contributed by atoms with E-state index in [9.17, 15) is 4.79 Å². The van der Waals surface area contributed by atoms with E-state index in [1.807, 2.05) is 13.8 Å². The predicted molar refractivity (Wildman–Crippen MR) is 75.4 cm³/mol. The van der Waals surface area contributed by atoms with E-state index in [-0.39, 0.29) is 12.0 Å². The summed E-state index contributed by atoms with van der Waals surface area (Å²) in [4.78, 5) is 11.7. The summed E-state index contributed by atoms with van der Waals surface area (Å²) in [5.74, 6) is 0.717. The fourth-order valence-corrected chi connectivity index (χ4v) is 2.10. The van der Waals surface area contributed by atoms with Crippen molar-refractivity contribution in [2.45, 2.75) is 59.0 Å². The van der Waals surface area contributed by atoms with Crippen LogP contribution in [0.25, 0.3) is 0 Å². The first kappa shape index (κ1) is 17.4. The van der Waals surface area contributed by atoms with Crippen molar-refractivity contribution in [1.82, 2.24) is 5.32 Å². The maximum Gasteiger partial charge on any atom is 0.220 e. The van der Waals surface area contributed by atoms with Crippen LogP contribution in [-0.2, 0) is 9.53 Å². The van der Waals surface area contributed by atoms with Crippen molar-refractivity contribution >= 4 is 5.91 Å². The van der Waals surface area contributed by atoms with Crippen molar-refractivity contribution in [1.29, 1.82) is 0 Å². The molecule has 4 nitrogen and oxygen atoms in total. The second-order valence-electron chi connectivity index (χ2n) is 4.84. The summed E-state index contributed by atoms with van der Waals surface area (Å²) in [6.07, 6.45) is 4.99. The first-order valence-electron chi connectivity index (χ1n) is 7.22. The van der Waals surface area contributed by atoms with Crippen molar-refractivity contribution in [2.75, 3.05) is 19.7 Å². The average molecular weight is 258 g/mol. The summed E-state index contributed by atoms with van der Waals surface area (Å²) in [5.41, 5.74) is 5.58. The normalized spacial score (nSPS) is 14.2. The van der Waals surface area contributed by atoms with E-state index in [4.69, 9.17) is 10.5 Å². The van der Waals surface area contributed by atoms with E-state index in [1.165, 1.54) is 6.42 Å². The molecule has 0 saturated heterocycles. The third kappa shape index (κ3) is 9.42. The first-order valence-corrected chi connectivity index (χ1v) is 7.22. The lowest BCUT2D eigenvalue weighted by molar-refractivity contribution is -0.122. The average Bonchev–Trinajstić information content (AvgIpc) is 2.34. The Balaban J connectivity index is 3.72. The molecule has 0 spiro atoms. The smallest absolute Gasteiger partial charge is 0.220 e. The van der Waals surface area contributed by atoms with Crippen LogP contribution in [0, 0.1) is 5.92 Å². The highest BCUT2D eigenvalue weighted by molar-refractivity contribution is 5.75. The Bertz CT molecular complexity index is 204. The van der Waals surface area contributed by atoms with Crippen molar-refractivity contribution in [3.05, 3.63) is 0 Å². The molecule has 3 N–H and O–H groups in total. The number of nitrogens with one attached hydrogen (secondary N) is 1. The van der Waals surface area contributed by atoms with Gasteiger partial charge in [0.2, 0.25) is 5.91 Å². The van der Waals surface area contributed by atoms with Gasteiger partial charge in [0.05, 0.1) is 6.10 Å². The van der Waals surface area contributed by atoms with Crippen LogP contribution in [0.3, 0.4) is 0 Å². The molecule has 0 aromatic carbocycles. The number of rotatable bonds is 11. The molecule has 4 heteroatoms. The zero-order valence-corrected chi connectivity index (χ0v) is 12.2. The van der Waals surface area contributed by atoms with E-state index in [0.29, 0.717) is 32.0 Å². The molecule has 108 valence electrons. The van der Waals surface area contributed by atoms with E-state index in [2.05, 4.69) is 12.2 Å². The molecule has 18 heavy (non-hydrogen) atoms. The van der Waals surface area contributed by atoms with Gasteiger partial charge in [-0.15, -0.1) is 0 Å². The minimum Gasteiger partial charge on any atom is -0.377 e. The number of hydrogen-bond donors (Lipinski definition) is 2. The van der Waals surface area contributed by atoms with E-state index in [1.54, 1.807) is 0 Å². The summed E-state index contributed by atoms with van der Waals surface area (Å²) < 4.78 is 5.36. The van der Waals surface area contributed by atoms with Gasteiger partial charge in [-0.2, -0.15) is 0 Å². The molecule has 0 aromatic heterocycles. The van der Waals surface area contributed by atoms with Gasteiger partial charge in [0.1, 0.15) is 0 Å². The molecule has 2 unspecified atom stereocenters. The number of hydrogen-bond acceptors (Lipinski definition) is 3. The highest BCUT2D eigenvalue weighted by Crippen LogP contribution is 2.16. The SMILES string of the molecule is CCCC(CCN)CCC(=O)NCC(C)OCC. The molecular weight excluding hydrogens is 228 g/mol. The largest absolute Gasteiger partial charge is 0.377 e. The number of amides is 1. The summed E-state index contributed by atoms with van der Waals surface area (Å²) in [6, 6.07) is 0. The van der Waals surface area contributed by atoms with Crippen LogP contribution < -0.4 is 11.1 Å². The second kappa shape index (κ2) is 11.5. The molecule has 0 bridgehead atoms. The molecule has 0 heterocycles. The lowest BCUT2D eigenvalue weighted by atomic mass is 9.94. The van der Waals surface area contributed by atoms with Gasteiger partial charge in [-0.25, -0.2) is 0 Å². The Labute approximate surface area is 112 Å². The van der Waals surface area contributed by atoms with Crippen LogP contribution >= 0.6 is 0 Å². The van der Waals surface area contributed by atoms with Crippen molar-refractivity contribution in [3.63, 3.8) is 0 Å². The number of carbonyl (C=O) groups is 1. The van der Waals surface area contributed by atoms with Gasteiger partial charge in [0.25, 0.3) is 0 Å². The molecule has 0 fully saturated rings. The summed E-state index contributed by atoms with van der Waals surface area (Å²) in [7, 11) is 0. The van der Waals surface area contributed by atoms with Crippen LogP contribution in [0.5, 0.6) is 0 Å². The van der Waals surface area contributed by atoms with Crippen LogP contribution in [-0.4, -0.2) is 31.7 Å². The molecule has 0 aliphatic heterocycles.